The predicted octanol–water partition coefficient (Wildman–Crippen LogP) is 2.86. The largest absolute Gasteiger partial charge is 0.494 e. The molecule has 0 unspecified atom stereocenters. The van der Waals surface area contributed by atoms with E-state index in [9.17, 15) is 9.18 Å². The second-order valence-corrected chi connectivity index (χ2v) is 5.04. The maximum Gasteiger partial charge on any atom is 0.256 e. The molecule has 0 aliphatic heterocycles. The lowest BCUT2D eigenvalue weighted by atomic mass is 10.1. The lowest BCUT2D eigenvalue weighted by Crippen LogP contribution is -2.31. The van der Waals surface area contributed by atoms with Crippen LogP contribution in [0.4, 0.5) is 4.39 Å². The van der Waals surface area contributed by atoms with Gasteiger partial charge in [-0.15, -0.1) is 0 Å². The van der Waals surface area contributed by atoms with Crippen molar-refractivity contribution in [2.24, 2.45) is 0 Å². The van der Waals surface area contributed by atoms with E-state index in [2.05, 4.69) is 0 Å². The molecule has 2 aromatic carbocycles. The summed E-state index contributed by atoms with van der Waals surface area (Å²) in [7, 11) is 2.91. The summed E-state index contributed by atoms with van der Waals surface area (Å²) in [5.74, 6) is -0.568. The molecule has 0 N–H and O–H groups in total. The number of nitriles is 1. The van der Waals surface area contributed by atoms with Crippen LogP contribution in [-0.2, 0) is 0 Å². The van der Waals surface area contributed by atoms with Crippen molar-refractivity contribution >= 4 is 5.91 Å². The smallest absolute Gasteiger partial charge is 0.256 e. The van der Waals surface area contributed by atoms with Gasteiger partial charge in [0.2, 0.25) is 0 Å². The molecule has 0 aromatic heterocycles. The summed E-state index contributed by atoms with van der Waals surface area (Å²) in [6, 6.07) is 13.2. The number of ether oxygens (including phenoxy) is 2. The molecule has 6 heteroatoms. The summed E-state index contributed by atoms with van der Waals surface area (Å²) in [5, 5.41) is 8.84. The summed E-state index contributed by atoms with van der Waals surface area (Å²) in [6.45, 7) is 0.495. The molecule has 0 radical (unpaired) electrons. The SMILES string of the molecule is COc1cccc(C(=O)N(C)CCOc2cccc(C#N)c2)c1F. The number of carbonyl (C=O) groups excluding carboxylic acids is 1. The molecule has 0 saturated heterocycles. The quantitative estimate of drug-likeness (QED) is 0.818. The minimum absolute atomic E-state index is 0.0267. The predicted molar refractivity (Wildman–Crippen MR) is 86.6 cm³/mol. The third-order valence-electron chi connectivity index (χ3n) is 3.42. The van der Waals surface area contributed by atoms with Crippen LogP contribution in [-0.4, -0.2) is 38.1 Å². The Hall–Kier alpha value is -3.07. The second-order valence-electron chi connectivity index (χ2n) is 5.04. The van der Waals surface area contributed by atoms with Gasteiger partial charge in [-0.05, 0) is 30.3 Å². The number of carbonyl (C=O) groups is 1. The first-order valence-corrected chi connectivity index (χ1v) is 7.27. The standard InChI is InChI=1S/C18H17FN2O3/c1-21(9-10-24-14-6-3-5-13(11-14)12-20)18(22)15-7-4-8-16(23-2)17(15)19/h3-8,11H,9-10H2,1-2H3. The van der Waals surface area contributed by atoms with E-state index in [1.807, 2.05) is 6.07 Å². The lowest BCUT2D eigenvalue weighted by molar-refractivity contribution is 0.0768. The fourth-order valence-electron chi connectivity index (χ4n) is 2.10. The Morgan fingerprint density at radius 3 is 2.75 bits per heavy atom. The highest BCUT2D eigenvalue weighted by Crippen LogP contribution is 2.21. The van der Waals surface area contributed by atoms with Gasteiger partial charge >= 0.3 is 0 Å². The van der Waals surface area contributed by atoms with Gasteiger partial charge in [0.1, 0.15) is 12.4 Å². The average Bonchev–Trinajstić information content (AvgIpc) is 2.61. The molecular formula is C18H17FN2O3. The van der Waals surface area contributed by atoms with Crippen LogP contribution < -0.4 is 9.47 Å². The van der Waals surface area contributed by atoms with Gasteiger partial charge in [-0.3, -0.25) is 4.79 Å². The van der Waals surface area contributed by atoms with Gasteiger partial charge in [-0.1, -0.05) is 12.1 Å². The molecule has 0 atom stereocenters. The minimum Gasteiger partial charge on any atom is -0.494 e. The van der Waals surface area contributed by atoms with Crippen molar-refractivity contribution in [1.82, 2.24) is 4.90 Å². The Balaban J connectivity index is 1.96. The zero-order valence-corrected chi connectivity index (χ0v) is 13.5. The van der Waals surface area contributed by atoms with Gasteiger partial charge in [0, 0.05) is 7.05 Å². The normalized spacial score (nSPS) is 9.92. The Labute approximate surface area is 139 Å². The van der Waals surface area contributed by atoms with Gasteiger partial charge in [-0.2, -0.15) is 5.26 Å². The molecule has 2 rings (SSSR count). The van der Waals surface area contributed by atoms with Gasteiger partial charge in [0.05, 0.1) is 30.9 Å². The number of rotatable bonds is 6. The molecular weight excluding hydrogens is 311 g/mol. The molecule has 2 aromatic rings. The van der Waals surface area contributed by atoms with E-state index >= 15 is 0 Å². The van der Waals surface area contributed by atoms with E-state index in [1.165, 1.54) is 24.1 Å². The molecule has 1 amide bonds. The van der Waals surface area contributed by atoms with Crippen LogP contribution in [0.1, 0.15) is 15.9 Å². The van der Waals surface area contributed by atoms with Crippen molar-refractivity contribution in [2.75, 3.05) is 27.3 Å². The second kappa shape index (κ2) is 7.97. The van der Waals surface area contributed by atoms with E-state index in [0.29, 0.717) is 11.3 Å². The van der Waals surface area contributed by atoms with Crippen LogP contribution >= 0.6 is 0 Å². The Bertz CT molecular complexity index is 771. The summed E-state index contributed by atoms with van der Waals surface area (Å²) >= 11 is 0. The van der Waals surface area contributed by atoms with E-state index in [1.54, 1.807) is 37.4 Å². The van der Waals surface area contributed by atoms with E-state index < -0.39 is 11.7 Å². The van der Waals surface area contributed by atoms with Gasteiger partial charge in [0.25, 0.3) is 5.91 Å². The van der Waals surface area contributed by atoms with Crippen molar-refractivity contribution in [3.63, 3.8) is 0 Å². The van der Waals surface area contributed by atoms with Crippen LogP contribution in [0.2, 0.25) is 0 Å². The summed E-state index contributed by atoms with van der Waals surface area (Å²) < 4.78 is 24.5. The highest BCUT2D eigenvalue weighted by molar-refractivity contribution is 5.94. The number of nitrogens with zero attached hydrogens (tertiary/aromatic N) is 2. The van der Waals surface area contributed by atoms with Gasteiger partial charge in [-0.25, -0.2) is 4.39 Å². The van der Waals surface area contributed by atoms with Crippen molar-refractivity contribution in [3.05, 3.63) is 59.4 Å². The zero-order valence-electron chi connectivity index (χ0n) is 13.5. The Kier molecular flexibility index (Phi) is 5.74. The molecule has 0 saturated carbocycles. The van der Waals surface area contributed by atoms with E-state index in [-0.39, 0.29) is 24.5 Å². The molecule has 5 nitrogen and oxygen atoms in total. The monoisotopic (exact) mass is 328 g/mol. The molecule has 0 fully saturated rings. The number of methoxy groups -OCH3 is 1. The van der Waals surface area contributed by atoms with Crippen molar-refractivity contribution < 1.29 is 18.7 Å². The average molecular weight is 328 g/mol. The van der Waals surface area contributed by atoms with E-state index in [0.717, 1.165) is 0 Å². The lowest BCUT2D eigenvalue weighted by Gasteiger charge is -2.18. The summed E-state index contributed by atoms with van der Waals surface area (Å²) in [6.07, 6.45) is 0. The van der Waals surface area contributed by atoms with Crippen molar-refractivity contribution in [1.29, 1.82) is 5.26 Å². The van der Waals surface area contributed by atoms with Gasteiger partial charge < -0.3 is 14.4 Å². The zero-order chi connectivity index (χ0) is 17.5. The summed E-state index contributed by atoms with van der Waals surface area (Å²) in [5.41, 5.74) is 0.443. The minimum atomic E-state index is -0.681. The summed E-state index contributed by atoms with van der Waals surface area (Å²) in [4.78, 5) is 13.7. The van der Waals surface area contributed by atoms with Crippen LogP contribution in [0.5, 0.6) is 11.5 Å². The Morgan fingerprint density at radius 2 is 2.04 bits per heavy atom. The first kappa shape index (κ1) is 17.3. The fourth-order valence-corrected chi connectivity index (χ4v) is 2.10. The molecule has 24 heavy (non-hydrogen) atoms. The first-order chi connectivity index (χ1) is 11.6. The number of halogens is 1. The third-order valence-corrected chi connectivity index (χ3v) is 3.42. The van der Waals surface area contributed by atoms with Gasteiger partial charge in [0.15, 0.2) is 11.6 Å². The third kappa shape index (κ3) is 4.02. The molecule has 0 aliphatic carbocycles. The van der Waals surface area contributed by atoms with Crippen LogP contribution in [0.25, 0.3) is 0 Å². The molecule has 0 aliphatic rings. The molecule has 124 valence electrons. The maximum absolute atomic E-state index is 14.1. The van der Waals surface area contributed by atoms with Crippen molar-refractivity contribution in [2.45, 2.75) is 0 Å². The topological polar surface area (TPSA) is 62.6 Å². The number of benzene rings is 2. The van der Waals surface area contributed by atoms with Crippen molar-refractivity contribution in [3.8, 4) is 17.6 Å². The van der Waals surface area contributed by atoms with Crippen LogP contribution in [0.3, 0.4) is 0 Å². The van der Waals surface area contributed by atoms with Crippen LogP contribution in [0.15, 0.2) is 42.5 Å². The highest BCUT2D eigenvalue weighted by atomic mass is 19.1. The Morgan fingerprint density at radius 1 is 1.29 bits per heavy atom. The number of hydrogen-bond donors (Lipinski definition) is 0. The highest BCUT2D eigenvalue weighted by Gasteiger charge is 2.18. The van der Waals surface area contributed by atoms with Crippen LogP contribution in [0, 0.1) is 17.1 Å². The first-order valence-electron chi connectivity index (χ1n) is 7.27. The van der Waals surface area contributed by atoms with E-state index in [4.69, 9.17) is 14.7 Å². The molecule has 0 heterocycles. The number of amides is 1. The number of hydrogen-bond acceptors (Lipinski definition) is 4. The molecule has 0 spiro atoms. The fraction of sp³-hybridized carbons (Fsp3) is 0.222. The maximum atomic E-state index is 14.1. The molecule has 0 bridgehead atoms. The number of likely N-dealkylation sites (N-methyl/N-ethyl adjacent to an activating group) is 1.